The Balaban J connectivity index is 2.46. The van der Waals surface area contributed by atoms with Crippen molar-refractivity contribution < 1.29 is 33.2 Å². The van der Waals surface area contributed by atoms with Gasteiger partial charge in [0.05, 0.1) is 25.0 Å². The molecule has 6 atom stereocenters. The number of esters is 1. The van der Waals surface area contributed by atoms with Crippen LogP contribution >= 0.6 is 21.6 Å². The molecule has 198 valence electrons. The van der Waals surface area contributed by atoms with E-state index in [4.69, 9.17) is 4.74 Å². The van der Waals surface area contributed by atoms with Crippen LogP contribution in [0.1, 0.15) is 39.5 Å². The second-order valence-electron chi connectivity index (χ2n) is 8.85. The molecule has 2 rings (SSSR count). The number of aliphatic hydroxyl groups excluding tert-OH is 1. The van der Waals surface area contributed by atoms with Crippen LogP contribution in [0.4, 0.5) is 0 Å². The number of amides is 3. The number of rotatable bonds is 4. The Kier molecular flexibility index (Phi) is 12.6. The third kappa shape index (κ3) is 10.5. The molecule has 10 nitrogen and oxygen atoms in total. The van der Waals surface area contributed by atoms with Gasteiger partial charge in [-0.1, -0.05) is 41.5 Å². The molecule has 2 aliphatic rings. The lowest BCUT2D eigenvalue weighted by Gasteiger charge is -2.29. The summed E-state index contributed by atoms with van der Waals surface area (Å²) in [5.41, 5.74) is 0. The molecule has 1 unspecified atom stereocenters. The Bertz CT molecular complexity index is 824. The first-order valence-electron chi connectivity index (χ1n) is 11.6. The van der Waals surface area contributed by atoms with Crippen LogP contribution in [0, 0.1) is 5.92 Å². The van der Waals surface area contributed by atoms with E-state index < -0.39 is 64.8 Å². The highest BCUT2D eigenvalue weighted by Crippen LogP contribution is 2.24. The average Bonchev–Trinajstić information content (AvgIpc) is 2.76. The van der Waals surface area contributed by atoms with Crippen LogP contribution in [0.3, 0.4) is 0 Å². The Labute approximate surface area is 216 Å². The van der Waals surface area contributed by atoms with E-state index in [0.717, 1.165) is 0 Å². The fourth-order valence-corrected chi connectivity index (χ4v) is 6.34. The van der Waals surface area contributed by atoms with E-state index in [1.807, 2.05) is 6.08 Å². The molecule has 2 aliphatic heterocycles. The van der Waals surface area contributed by atoms with Crippen molar-refractivity contribution in [1.82, 2.24) is 16.0 Å². The van der Waals surface area contributed by atoms with Crippen LogP contribution in [-0.2, 0) is 34.7 Å². The summed E-state index contributed by atoms with van der Waals surface area (Å²) in [5.74, 6) is -1.33. The Morgan fingerprint density at radius 2 is 1.86 bits per heavy atom. The van der Waals surface area contributed by atoms with Gasteiger partial charge in [-0.2, -0.15) is 0 Å². The maximum Gasteiger partial charge on any atom is 0.309 e. The lowest BCUT2D eigenvalue weighted by molar-refractivity contribution is -0.151. The molecule has 13 heteroatoms. The molecule has 0 saturated carbocycles. The standard InChI is InChI=1S/C22H35N3O7S3/c1-13(2)20-17(26)11-19(28)32-14-6-4-5-8-33-34-12-16(22(30)25-20)24-21(29)15(7-9-35(3)31)23-18(27)10-14/h4,6,13-17,20,26H,5,7-12H2,1-3H3,(H,23,27)(H,24,29)(H,25,30)/b6-4+/t14-,15+,16-,17+,20-,35?/m1/s1. The third-order valence-electron chi connectivity index (χ3n) is 5.50. The molecule has 35 heavy (non-hydrogen) atoms. The van der Waals surface area contributed by atoms with E-state index in [9.17, 15) is 28.5 Å². The number of fused-ring (bicyclic) bond motifs is 7. The van der Waals surface area contributed by atoms with Crippen LogP contribution in [-0.4, -0.2) is 86.9 Å². The highest BCUT2D eigenvalue weighted by atomic mass is 33.1. The highest BCUT2D eigenvalue weighted by molar-refractivity contribution is 8.76. The minimum absolute atomic E-state index is 0.116. The molecule has 2 bridgehead atoms. The first kappa shape index (κ1) is 29.7. The van der Waals surface area contributed by atoms with Gasteiger partial charge in [-0.25, -0.2) is 0 Å². The van der Waals surface area contributed by atoms with Gasteiger partial charge in [0.2, 0.25) is 17.7 Å². The second-order valence-corrected chi connectivity index (χ2v) is 13.0. The summed E-state index contributed by atoms with van der Waals surface area (Å²) in [7, 11) is 1.77. The summed E-state index contributed by atoms with van der Waals surface area (Å²) < 4.78 is 17.1. The number of hydrogen-bond acceptors (Lipinski definition) is 9. The monoisotopic (exact) mass is 549 g/mol. The summed E-state index contributed by atoms with van der Waals surface area (Å²) in [6.07, 6.45) is 3.06. The summed E-state index contributed by atoms with van der Waals surface area (Å²) in [4.78, 5) is 51.7. The molecule has 3 amide bonds. The SMILES string of the molecule is CC(C)[C@H]1NC(=O)[C@H]2CSSCC/C=C/[C@H](CC(=O)N[C@@H](CCS(C)=O)C(=O)N2)OC(=O)C[C@@H]1O. The van der Waals surface area contributed by atoms with Crippen molar-refractivity contribution in [2.75, 3.05) is 23.5 Å². The number of carbonyl (C=O) groups is 4. The summed E-state index contributed by atoms with van der Waals surface area (Å²) >= 11 is 0. The fraction of sp³-hybridized carbons (Fsp3) is 0.727. The van der Waals surface area contributed by atoms with Gasteiger partial charge in [-0.3, -0.25) is 23.4 Å². The van der Waals surface area contributed by atoms with Gasteiger partial charge in [0.25, 0.3) is 0 Å². The molecule has 0 radical (unpaired) electrons. The molecular formula is C22H35N3O7S3. The number of allylic oxidation sites excluding steroid dienone is 1. The number of hydrogen-bond donors (Lipinski definition) is 4. The Morgan fingerprint density at radius 1 is 1.11 bits per heavy atom. The molecule has 0 spiro atoms. The molecule has 1 saturated heterocycles. The lowest BCUT2D eigenvalue weighted by atomic mass is 9.96. The lowest BCUT2D eigenvalue weighted by Crippen LogP contribution is -2.58. The van der Waals surface area contributed by atoms with Crippen molar-refractivity contribution in [2.45, 2.75) is 69.9 Å². The number of aliphatic hydroxyl groups is 1. The van der Waals surface area contributed by atoms with Crippen LogP contribution in [0.5, 0.6) is 0 Å². The zero-order valence-corrected chi connectivity index (χ0v) is 22.6. The summed E-state index contributed by atoms with van der Waals surface area (Å²) in [6.45, 7) is 3.61. The molecule has 2 heterocycles. The van der Waals surface area contributed by atoms with Gasteiger partial charge in [-0.15, -0.1) is 0 Å². The summed E-state index contributed by atoms with van der Waals surface area (Å²) in [5, 5.41) is 18.9. The van der Waals surface area contributed by atoms with E-state index in [1.54, 1.807) is 19.9 Å². The van der Waals surface area contributed by atoms with E-state index in [1.165, 1.54) is 27.8 Å². The second kappa shape index (κ2) is 14.9. The van der Waals surface area contributed by atoms with E-state index >= 15 is 0 Å². The number of nitrogens with one attached hydrogen (secondary N) is 3. The van der Waals surface area contributed by atoms with Gasteiger partial charge >= 0.3 is 5.97 Å². The van der Waals surface area contributed by atoms with E-state index in [2.05, 4.69) is 16.0 Å². The van der Waals surface area contributed by atoms with Crippen LogP contribution in [0.25, 0.3) is 0 Å². The molecule has 0 aliphatic carbocycles. The zero-order chi connectivity index (χ0) is 26.0. The maximum absolute atomic E-state index is 13.2. The maximum atomic E-state index is 13.2. The van der Waals surface area contributed by atoms with Crippen molar-refractivity contribution in [2.24, 2.45) is 5.92 Å². The molecule has 0 aromatic rings. The molecule has 1 fully saturated rings. The van der Waals surface area contributed by atoms with Gasteiger partial charge in [0.1, 0.15) is 18.2 Å². The number of carbonyl (C=O) groups excluding carboxylic acids is 4. The van der Waals surface area contributed by atoms with Gasteiger partial charge in [0.15, 0.2) is 0 Å². The van der Waals surface area contributed by atoms with Gasteiger partial charge in [0, 0.05) is 34.3 Å². The van der Waals surface area contributed by atoms with Crippen molar-refractivity contribution >= 4 is 56.1 Å². The van der Waals surface area contributed by atoms with Gasteiger partial charge in [-0.05, 0) is 24.8 Å². The van der Waals surface area contributed by atoms with Crippen LogP contribution in [0.2, 0.25) is 0 Å². The van der Waals surface area contributed by atoms with Crippen molar-refractivity contribution in [3.05, 3.63) is 12.2 Å². The molecule has 4 N–H and O–H groups in total. The van der Waals surface area contributed by atoms with Crippen LogP contribution < -0.4 is 16.0 Å². The molecule has 0 aromatic heterocycles. The van der Waals surface area contributed by atoms with E-state index in [0.29, 0.717) is 12.2 Å². The summed E-state index contributed by atoms with van der Waals surface area (Å²) in [6, 6.07) is -2.70. The van der Waals surface area contributed by atoms with E-state index in [-0.39, 0.29) is 36.7 Å². The normalized spacial score (nSPS) is 31.6. The minimum Gasteiger partial charge on any atom is -0.457 e. The Hall–Kier alpha value is -1.57. The average molecular weight is 550 g/mol. The first-order chi connectivity index (χ1) is 16.6. The van der Waals surface area contributed by atoms with Gasteiger partial charge < -0.3 is 25.8 Å². The third-order valence-corrected chi connectivity index (χ3v) is 8.76. The number of ether oxygens (including phenoxy) is 1. The first-order valence-corrected chi connectivity index (χ1v) is 15.8. The molecule has 0 aromatic carbocycles. The van der Waals surface area contributed by atoms with Crippen LogP contribution in [0.15, 0.2) is 12.2 Å². The topological polar surface area (TPSA) is 151 Å². The zero-order valence-electron chi connectivity index (χ0n) is 20.2. The predicted octanol–water partition coefficient (Wildman–Crippen LogP) is 0.273. The van der Waals surface area contributed by atoms with Crippen molar-refractivity contribution in [3.8, 4) is 0 Å². The minimum atomic E-state index is -1.21. The smallest absolute Gasteiger partial charge is 0.309 e. The quantitative estimate of drug-likeness (QED) is 0.220. The highest BCUT2D eigenvalue weighted by Gasteiger charge is 2.33. The molecular weight excluding hydrogens is 514 g/mol. The van der Waals surface area contributed by atoms with Crippen molar-refractivity contribution in [3.63, 3.8) is 0 Å². The fourth-order valence-electron chi connectivity index (χ4n) is 3.62. The predicted molar refractivity (Wildman–Crippen MR) is 138 cm³/mol. The largest absolute Gasteiger partial charge is 0.457 e. The Morgan fingerprint density at radius 3 is 2.54 bits per heavy atom. The van der Waals surface area contributed by atoms with Crippen molar-refractivity contribution in [1.29, 1.82) is 0 Å².